The molecular weight excluding hydrogens is 376 g/mol. The van der Waals surface area contributed by atoms with Crippen LogP contribution in [-0.2, 0) is 5.41 Å². The van der Waals surface area contributed by atoms with Crippen LogP contribution in [0, 0.1) is 0 Å². The second-order valence-corrected chi connectivity index (χ2v) is 8.76. The fourth-order valence-electron chi connectivity index (χ4n) is 4.91. The Morgan fingerprint density at radius 1 is 0.759 bits per heavy atom. The van der Waals surface area contributed by atoms with Gasteiger partial charge in [0, 0.05) is 26.8 Å². The van der Waals surface area contributed by atoms with E-state index in [2.05, 4.69) is 74.5 Å². The van der Waals surface area contributed by atoms with Crippen molar-refractivity contribution in [2.45, 2.75) is 19.3 Å². The monoisotopic (exact) mass is 394 g/mol. The summed E-state index contributed by atoms with van der Waals surface area (Å²) in [7, 11) is 0. The number of hydrogen-bond donors (Lipinski definition) is 0. The van der Waals surface area contributed by atoms with E-state index in [4.69, 9.17) is 16.0 Å². The summed E-state index contributed by atoms with van der Waals surface area (Å²) in [6.45, 7) is 4.61. The topological polar surface area (TPSA) is 13.1 Å². The SMILES string of the molecule is CC1(C)c2ccccc2-c2c1cc(-c1ccc(Cl)cc1)c1c2oc2ccccc21. The molecule has 0 saturated heterocycles. The van der Waals surface area contributed by atoms with E-state index in [1.54, 1.807) is 0 Å². The molecule has 0 unspecified atom stereocenters. The van der Waals surface area contributed by atoms with Crippen molar-refractivity contribution in [1.29, 1.82) is 0 Å². The van der Waals surface area contributed by atoms with Crippen LogP contribution >= 0.6 is 11.6 Å². The van der Waals surface area contributed by atoms with E-state index in [1.807, 2.05) is 18.2 Å². The molecule has 140 valence electrons. The van der Waals surface area contributed by atoms with Crippen molar-refractivity contribution in [2.24, 2.45) is 0 Å². The normalized spacial score (nSPS) is 14.3. The van der Waals surface area contributed by atoms with Crippen LogP contribution in [-0.4, -0.2) is 0 Å². The molecular formula is C27H19ClO. The number of benzene rings is 4. The molecule has 1 aliphatic carbocycles. The molecule has 0 bridgehead atoms. The highest BCUT2D eigenvalue weighted by atomic mass is 35.5. The maximum atomic E-state index is 6.51. The number of rotatable bonds is 1. The smallest absolute Gasteiger partial charge is 0.144 e. The summed E-state index contributed by atoms with van der Waals surface area (Å²) >= 11 is 6.17. The molecule has 0 aliphatic heterocycles. The maximum absolute atomic E-state index is 6.51. The van der Waals surface area contributed by atoms with E-state index >= 15 is 0 Å². The Morgan fingerprint density at radius 3 is 2.31 bits per heavy atom. The number of hydrogen-bond acceptors (Lipinski definition) is 1. The van der Waals surface area contributed by atoms with Crippen LogP contribution in [0.25, 0.3) is 44.2 Å². The molecule has 5 aromatic rings. The standard InChI is InChI=1S/C27H19ClO/c1-27(2)21-9-5-3-7-18(21)25-22(27)15-20(16-11-13-17(28)14-12-16)24-19-8-4-6-10-23(19)29-26(24)25/h3-15H,1-2H3. The third-order valence-corrected chi connectivity index (χ3v) is 6.60. The Hall–Kier alpha value is -3.03. The van der Waals surface area contributed by atoms with Crippen LogP contribution in [0.2, 0.25) is 5.02 Å². The summed E-state index contributed by atoms with van der Waals surface area (Å²) in [6, 6.07) is 27.5. The van der Waals surface area contributed by atoms with Gasteiger partial charge in [0.05, 0.1) is 0 Å². The lowest BCUT2D eigenvalue weighted by Gasteiger charge is -2.22. The Labute approximate surface area is 174 Å². The average molecular weight is 395 g/mol. The zero-order valence-corrected chi connectivity index (χ0v) is 17.0. The first-order chi connectivity index (χ1) is 14.1. The average Bonchev–Trinajstić information content (AvgIpc) is 3.22. The summed E-state index contributed by atoms with van der Waals surface area (Å²) in [5, 5.41) is 3.07. The van der Waals surface area contributed by atoms with Crippen LogP contribution < -0.4 is 0 Å². The summed E-state index contributed by atoms with van der Waals surface area (Å²) in [5.41, 5.74) is 9.34. The molecule has 29 heavy (non-hydrogen) atoms. The van der Waals surface area contributed by atoms with Gasteiger partial charge in [-0.15, -0.1) is 0 Å². The van der Waals surface area contributed by atoms with Crippen molar-refractivity contribution in [1.82, 2.24) is 0 Å². The Balaban J connectivity index is 1.83. The van der Waals surface area contributed by atoms with Gasteiger partial charge in [0.1, 0.15) is 11.2 Å². The summed E-state index contributed by atoms with van der Waals surface area (Å²) < 4.78 is 6.51. The minimum absolute atomic E-state index is 0.0831. The van der Waals surface area contributed by atoms with E-state index in [0.717, 1.165) is 27.1 Å². The summed E-state index contributed by atoms with van der Waals surface area (Å²) in [6.07, 6.45) is 0. The molecule has 0 amide bonds. The van der Waals surface area contributed by atoms with Crippen LogP contribution in [0.1, 0.15) is 25.0 Å². The molecule has 0 fully saturated rings. The Bertz CT molecular complexity index is 1420. The van der Waals surface area contributed by atoms with E-state index in [9.17, 15) is 0 Å². The first-order valence-corrected chi connectivity index (χ1v) is 10.3. The van der Waals surface area contributed by atoms with Gasteiger partial charge >= 0.3 is 0 Å². The third-order valence-electron chi connectivity index (χ3n) is 6.35. The second-order valence-electron chi connectivity index (χ2n) is 8.33. The largest absolute Gasteiger partial charge is 0.455 e. The van der Waals surface area contributed by atoms with Crippen molar-refractivity contribution >= 4 is 33.5 Å². The first-order valence-electron chi connectivity index (χ1n) is 9.90. The minimum Gasteiger partial charge on any atom is -0.455 e. The Morgan fingerprint density at radius 2 is 1.48 bits per heavy atom. The first kappa shape index (κ1) is 16.9. The molecule has 1 aromatic heterocycles. The van der Waals surface area contributed by atoms with Crippen molar-refractivity contribution in [3.63, 3.8) is 0 Å². The number of furan rings is 1. The van der Waals surface area contributed by atoms with Crippen molar-refractivity contribution in [3.8, 4) is 22.3 Å². The Kier molecular flexibility index (Phi) is 3.34. The van der Waals surface area contributed by atoms with Gasteiger partial charge in [-0.3, -0.25) is 0 Å². The fraction of sp³-hybridized carbons (Fsp3) is 0.111. The van der Waals surface area contributed by atoms with Gasteiger partial charge < -0.3 is 4.42 Å². The van der Waals surface area contributed by atoms with Gasteiger partial charge in [-0.1, -0.05) is 80.0 Å². The molecule has 0 spiro atoms. The predicted molar refractivity (Wildman–Crippen MR) is 122 cm³/mol. The molecule has 6 rings (SSSR count). The third kappa shape index (κ3) is 2.22. The molecule has 1 aliphatic rings. The minimum atomic E-state index is -0.0831. The quantitative estimate of drug-likeness (QED) is 0.279. The fourth-order valence-corrected chi connectivity index (χ4v) is 5.03. The summed E-state index contributed by atoms with van der Waals surface area (Å²) in [5.74, 6) is 0. The molecule has 1 heterocycles. The van der Waals surface area contributed by atoms with E-state index in [-0.39, 0.29) is 5.41 Å². The highest BCUT2D eigenvalue weighted by Gasteiger charge is 2.38. The molecule has 1 nitrogen and oxygen atoms in total. The zero-order valence-electron chi connectivity index (χ0n) is 16.3. The van der Waals surface area contributed by atoms with E-state index in [1.165, 1.54) is 33.2 Å². The number of fused-ring (bicyclic) bond motifs is 7. The second kappa shape index (κ2) is 5.75. The van der Waals surface area contributed by atoms with Crippen LogP contribution in [0.5, 0.6) is 0 Å². The lowest BCUT2D eigenvalue weighted by molar-refractivity contribution is 0.653. The lowest BCUT2D eigenvalue weighted by Crippen LogP contribution is -2.15. The van der Waals surface area contributed by atoms with Gasteiger partial charge in [0.2, 0.25) is 0 Å². The molecule has 4 aromatic carbocycles. The van der Waals surface area contributed by atoms with Gasteiger partial charge in [-0.25, -0.2) is 0 Å². The van der Waals surface area contributed by atoms with Crippen LogP contribution in [0.3, 0.4) is 0 Å². The van der Waals surface area contributed by atoms with E-state index in [0.29, 0.717) is 0 Å². The van der Waals surface area contributed by atoms with Crippen molar-refractivity contribution < 1.29 is 4.42 Å². The summed E-state index contributed by atoms with van der Waals surface area (Å²) in [4.78, 5) is 0. The maximum Gasteiger partial charge on any atom is 0.144 e. The van der Waals surface area contributed by atoms with Crippen LogP contribution in [0.15, 0.2) is 83.3 Å². The molecule has 0 saturated carbocycles. The van der Waals surface area contributed by atoms with Crippen molar-refractivity contribution in [3.05, 3.63) is 95.0 Å². The predicted octanol–water partition coefficient (Wildman–Crippen LogP) is 8.21. The zero-order chi connectivity index (χ0) is 19.8. The highest BCUT2D eigenvalue weighted by molar-refractivity contribution is 6.30. The number of para-hydroxylation sites is 1. The van der Waals surface area contributed by atoms with Crippen LogP contribution in [0.4, 0.5) is 0 Å². The van der Waals surface area contributed by atoms with Gasteiger partial charge in [-0.05, 0) is 52.1 Å². The lowest BCUT2D eigenvalue weighted by atomic mass is 9.81. The molecule has 0 radical (unpaired) electrons. The van der Waals surface area contributed by atoms with Crippen molar-refractivity contribution in [2.75, 3.05) is 0 Å². The van der Waals surface area contributed by atoms with E-state index < -0.39 is 0 Å². The molecule has 0 N–H and O–H groups in total. The molecule has 0 atom stereocenters. The highest BCUT2D eigenvalue weighted by Crippen LogP contribution is 2.54. The van der Waals surface area contributed by atoms with Gasteiger partial charge in [-0.2, -0.15) is 0 Å². The van der Waals surface area contributed by atoms with Gasteiger partial charge in [0.15, 0.2) is 0 Å². The van der Waals surface area contributed by atoms with Gasteiger partial charge in [0.25, 0.3) is 0 Å². The molecule has 2 heteroatoms. The number of halogens is 1.